The van der Waals surface area contributed by atoms with E-state index in [-0.39, 0.29) is 0 Å². The van der Waals surface area contributed by atoms with Crippen molar-refractivity contribution in [3.63, 3.8) is 0 Å². The lowest BCUT2D eigenvalue weighted by Crippen LogP contribution is -1.89. The van der Waals surface area contributed by atoms with Crippen LogP contribution in [-0.2, 0) is 0 Å². The lowest BCUT2D eigenvalue weighted by atomic mass is 10.2. The van der Waals surface area contributed by atoms with Gasteiger partial charge in [-0.25, -0.2) is 0 Å². The molecule has 1 N–H and O–H groups in total. The Hall–Kier alpha value is -1.51. The van der Waals surface area contributed by atoms with Crippen molar-refractivity contribution in [2.75, 3.05) is 7.11 Å². The standard InChI is InChI=1S/C9H10N2O/c1-6-5-8(12-2)11-9-7(6)3-4-10-9/h3-5H,1-2H3,(H,10,11). The summed E-state index contributed by atoms with van der Waals surface area (Å²) in [4.78, 5) is 7.28. The average Bonchev–Trinajstić information content (AvgIpc) is 2.52. The molecule has 2 rings (SSSR count). The number of pyridine rings is 1. The van der Waals surface area contributed by atoms with Gasteiger partial charge in [0, 0.05) is 17.6 Å². The van der Waals surface area contributed by atoms with Crippen LogP contribution < -0.4 is 4.74 Å². The molecule has 0 aliphatic carbocycles. The van der Waals surface area contributed by atoms with Gasteiger partial charge in [-0.05, 0) is 18.6 Å². The van der Waals surface area contributed by atoms with Crippen LogP contribution in [0.15, 0.2) is 18.3 Å². The highest BCUT2D eigenvalue weighted by molar-refractivity contribution is 5.79. The molecule has 2 aromatic rings. The van der Waals surface area contributed by atoms with Gasteiger partial charge in [-0.15, -0.1) is 0 Å². The number of aromatic amines is 1. The summed E-state index contributed by atoms with van der Waals surface area (Å²) in [5, 5.41) is 1.15. The van der Waals surface area contributed by atoms with Gasteiger partial charge in [0.2, 0.25) is 5.88 Å². The second kappa shape index (κ2) is 2.52. The zero-order valence-electron chi connectivity index (χ0n) is 7.09. The molecule has 2 heterocycles. The third kappa shape index (κ3) is 0.942. The molecule has 0 aromatic carbocycles. The molecule has 62 valence electrons. The van der Waals surface area contributed by atoms with Gasteiger partial charge in [0.05, 0.1) is 7.11 Å². The number of hydrogen-bond donors (Lipinski definition) is 1. The maximum absolute atomic E-state index is 5.04. The van der Waals surface area contributed by atoms with E-state index in [0.29, 0.717) is 5.88 Å². The number of aromatic nitrogens is 2. The summed E-state index contributed by atoms with van der Waals surface area (Å²) in [6.45, 7) is 2.04. The Labute approximate surface area is 70.4 Å². The molecule has 0 fully saturated rings. The summed E-state index contributed by atoms with van der Waals surface area (Å²) < 4.78 is 5.04. The van der Waals surface area contributed by atoms with Crippen molar-refractivity contribution >= 4 is 11.0 Å². The molecule has 0 bridgehead atoms. The molecule has 2 aromatic heterocycles. The fraction of sp³-hybridized carbons (Fsp3) is 0.222. The lowest BCUT2D eigenvalue weighted by Gasteiger charge is -2.00. The molecule has 0 aliphatic heterocycles. The number of aryl methyl sites for hydroxylation is 1. The first-order valence-electron chi connectivity index (χ1n) is 3.80. The summed E-state index contributed by atoms with van der Waals surface area (Å²) >= 11 is 0. The van der Waals surface area contributed by atoms with Crippen molar-refractivity contribution in [2.24, 2.45) is 0 Å². The minimum absolute atomic E-state index is 0.655. The predicted molar refractivity (Wildman–Crippen MR) is 47.4 cm³/mol. The molecule has 0 spiro atoms. The van der Waals surface area contributed by atoms with Crippen LogP contribution >= 0.6 is 0 Å². The number of nitrogens with zero attached hydrogens (tertiary/aromatic N) is 1. The summed E-state index contributed by atoms with van der Waals surface area (Å²) in [5.41, 5.74) is 2.06. The largest absolute Gasteiger partial charge is 0.481 e. The van der Waals surface area contributed by atoms with E-state index in [1.807, 2.05) is 25.3 Å². The van der Waals surface area contributed by atoms with E-state index in [2.05, 4.69) is 9.97 Å². The summed E-state index contributed by atoms with van der Waals surface area (Å²) in [6.07, 6.45) is 1.88. The Balaban J connectivity index is 2.75. The molecule has 0 amide bonds. The van der Waals surface area contributed by atoms with Gasteiger partial charge in [0.25, 0.3) is 0 Å². The maximum atomic E-state index is 5.04. The van der Waals surface area contributed by atoms with Crippen LogP contribution in [0, 0.1) is 6.92 Å². The van der Waals surface area contributed by atoms with E-state index >= 15 is 0 Å². The number of fused-ring (bicyclic) bond motifs is 1. The van der Waals surface area contributed by atoms with Gasteiger partial charge in [-0.2, -0.15) is 4.98 Å². The highest BCUT2D eigenvalue weighted by atomic mass is 16.5. The van der Waals surface area contributed by atoms with Gasteiger partial charge in [0.15, 0.2) is 0 Å². The Kier molecular flexibility index (Phi) is 1.50. The monoisotopic (exact) mass is 162 g/mol. The second-order valence-electron chi connectivity index (χ2n) is 2.72. The number of ether oxygens (including phenoxy) is 1. The van der Waals surface area contributed by atoms with Gasteiger partial charge in [-0.1, -0.05) is 0 Å². The Morgan fingerprint density at radius 3 is 3.08 bits per heavy atom. The first kappa shape index (κ1) is 7.16. The fourth-order valence-corrected chi connectivity index (χ4v) is 1.28. The molecular formula is C9H10N2O. The number of methoxy groups -OCH3 is 1. The van der Waals surface area contributed by atoms with Crippen molar-refractivity contribution in [3.8, 4) is 5.88 Å². The van der Waals surface area contributed by atoms with Gasteiger partial charge >= 0.3 is 0 Å². The second-order valence-corrected chi connectivity index (χ2v) is 2.72. The van der Waals surface area contributed by atoms with Crippen LogP contribution in [0.2, 0.25) is 0 Å². The van der Waals surface area contributed by atoms with Gasteiger partial charge in [-0.3, -0.25) is 0 Å². The molecule has 0 aliphatic rings. The normalized spacial score (nSPS) is 10.5. The zero-order valence-corrected chi connectivity index (χ0v) is 7.09. The number of H-pyrrole nitrogens is 1. The summed E-state index contributed by atoms with van der Waals surface area (Å²) in [6, 6.07) is 3.94. The Morgan fingerprint density at radius 1 is 1.50 bits per heavy atom. The number of rotatable bonds is 1. The minimum atomic E-state index is 0.655. The van der Waals surface area contributed by atoms with E-state index in [4.69, 9.17) is 4.74 Å². The molecule has 0 saturated heterocycles. The summed E-state index contributed by atoms with van der Waals surface area (Å²) in [7, 11) is 1.62. The van der Waals surface area contributed by atoms with Crippen LogP contribution in [0.25, 0.3) is 11.0 Å². The Morgan fingerprint density at radius 2 is 2.33 bits per heavy atom. The van der Waals surface area contributed by atoms with Gasteiger partial charge in [0.1, 0.15) is 5.65 Å². The first-order chi connectivity index (χ1) is 5.81. The van der Waals surface area contributed by atoms with E-state index in [1.165, 1.54) is 5.56 Å². The molecule has 12 heavy (non-hydrogen) atoms. The molecule has 0 unspecified atom stereocenters. The van der Waals surface area contributed by atoms with Crippen LogP contribution in [0.5, 0.6) is 5.88 Å². The van der Waals surface area contributed by atoms with E-state index in [9.17, 15) is 0 Å². The van der Waals surface area contributed by atoms with Crippen molar-refractivity contribution < 1.29 is 4.74 Å². The van der Waals surface area contributed by atoms with Crippen LogP contribution in [-0.4, -0.2) is 17.1 Å². The third-order valence-electron chi connectivity index (χ3n) is 1.92. The smallest absolute Gasteiger partial charge is 0.215 e. The molecule has 0 saturated carbocycles. The van der Waals surface area contributed by atoms with E-state index in [0.717, 1.165) is 11.0 Å². The highest BCUT2D eigenvalue weighted by Crippen LogP contribution is 2.19. The summed E-state index contributed by atoms with van der Waals surface area (Å²) in [5.74, 6) is 0.655. The number of hydrogen-bond acceptors (Lipinski definition) is 2. The van der Waals surface area contributed by atoms with Crippen molar-refractivity contribution in [3.05, 3.63) is 23.9 Å². The average molecular weight is 162 g/mol. The minimum Gasteiger partial charge on any atom is -0.481 e. The van der Waals surface area contributed by atoms with Gasteiger partial charge < -0.3 is 9.72 Å². The maximum Gasteiger partial charge on any atom is 0.215 e. The van der Waals surface area contributed by atoms with Crippen LogP contribution in [0.3, 0.4) is 0 Å². The van der Waals surface area contributed by atoms with E-state index < -0.39 is 0 Å². The quantitative estimate of drug-likeness (QED) is 0.695. The first-order valence-corrected chi connectivity index (χ1v) is 3.80. The topological polar surface area (TPSA) is 37.9 Å². The van der Waals surface area contributed by atoms with Crippen LogP contribution in [0.4, 0.5) is 0 Å². The molecule has 3 heteroatoms. The van der Waals surface area contributed by atoms with Crippen molar-refractivity contribution in [1.82, 2.24) is 9.97 Å². The number of nitrogens with one attached hydrogen (secondary N) is 1. The molecular weight excluding hydrogens is 152 g/mol. The lowest BCUT2D eigenvalue weighted by molar-refractivity contribution is 0.399. The highest BCUT2D eigenvalue weighted by Gasteiger charge is 2.02. The molecule has 3 nitrogen and oxygen atoms in total. The third-order valence-corrected chi connectivity index (χ3v) is 1.92. The predicted octanol–water partition coefficient (Wildman–Crippen LogP) is 1.88. The Bertz CT molecular complexity index is 406. The van der Waals surface area contributed by atoms with Crippen molar-refractivity contribution in [1.29, 1.82) is 0 Å². The van der Waals surface area contributed by atoms with E-state index in [1.54, 1.807) is 7.11 Å². The zero-order chi connectivity index (χ0) is 8.55. The van der Waals surface area contributed by atoms with Crippen molar-refractivity contribution in [2.45, 2.75) is 6.92 Å². The molecule has 0 radical (unpaired) electrons. The SMILES string of the molecule is COc1cc(C)c2cc[nH]c2n1. The fourth-order valence-electron chi connectivity index (χ4n) is 1.28. The molecule has 0 atom stereocenters. The van der Waals surface area contributed by atoms with Crippen LogP contribution in [0.1, 0.15) is 5.56 Å².